The summed E-state index contributed by atoms with van der Waals surface area (Å²) in [5.74, 6) is 1.75. The van der Waals surface area contributed by atoms with Crippen LogP contribution in [0.3, 0.4) is 0 Å². The van der Waals surface area contributed by atoms with Gasteiger partial charge in [-0.1, -0.05) is 12.1 Å². The normalized spacial score (nSPS) is 20.4. The van der Waals surface area contributed by atoms with E-state index in [4.69, 9.17) is 18.9 Å². The molecule has 7 heteroatoms. The van der Waals surface area contributed by atoms with Crippen LogP contribution in [-0.2, 0) is 9.59 Å². The lowest BCUT2D eigenvalue weighted by molar-refractivity contribution is -0.122. The molecule has 0 saturated heterocycles. The molecule has 4 rings (SSSR count). The predicted octanol–water partition coefficient (Wildman–Crippen LogP) is 3.73. The summed E-state index contributed by atoms with van der Waals surface area (Å²) in [5.41, 5.74) is 3.17. The predicted molar refractivity (Wildman–Crippen MR) is 119 cm³/mol. The van der Waals surface area contributed by atoms with Crippen molar-refractivity contribution in [3.8, 4) is 23.0 Å². The molecule has 1 N–H and O–H groups in total. The zero-order valence-corrected chi connectivity index (χ0v) is 18.7. The number of carbonyl (C=O) groups excluding carboxylic acids is 2. The lowest BCUT2D eigenvalue weighted by Gasteiger charge is -2.34. The van der Waals surface area contributed by atoms with Gasteiger partial charge in [-0.3, -0.25) is 9.59 Å². The highest BCUT2D eigenvalue weighted by molar-refractivity contribution is 6.02. The fourth-order valence-electron chi connectivity index (χ4n) is 4.68. The van der Waals surface area contributed by atoms with Crippen molar-refractivity contribution in [1.29, 1.82) is 0 Å². The Morgan fingerprint density at radius 2 is 1.53 bits per heavy atom. The van der Waals surface area contributed by atoms with E-state index in [-0.39, 0.29) is 29.9 Å². The number of rotatable bonds is 6. The summed E-state index contributed by atoms with van der Waals surface area (Å²) in [6, 6.07) is 11.4. The van der Waals surface area contributed by atoms with E-state index in [0.717, 1.165) is 16.9 Å². The Labute approximate surface area is 187 Å². The van der Waals surface area contributed by atoms with Crippen molar-refractivity contribution >= 4 is 11.7 Å². The van der Waals surface area contributed by atoms with Gasteiger partial charge in [0.05, 0.1) is 28.4 Å². The molecule has 2 aromatic carbocycles. The fourth-order valence-corrected chi connectivity index (χ4v) is 4.68. The van der Waals surface area contributed by atoms with Gasteiger partial charge in [0.25, 0.3) is 0 Å². The van der Waals surface area contributed by atoms with Gasteiger partial charge in [-0.25, -0.2) is 0 Å². The Morgan fingerprint density at radius 1 is 0.812 bits per heavy atom. The van der Waals surface area contributed by atoms with E-state index < -0.39 is 0 Å². The minimum absolute atomic E-state index is 0.0182. The van der Waals surface area contributed by atoms with Crippen molar-refractivity contribution in [2.24, 2.45) is 0 Å². The molecule has 32 heavy (non-hydrogen) atoms. The van der Waals surface area contributed by atoms with Gasteiger partial charge in [0.2, 0.25) is 11.7 Å². The van der Waals surface area contributed by atoms with Crippen molar-refractivity contribution in [1.82, 2.24) is 5.32 Å². The maximum Gasteiger partial charge on any atom is 0.225 e. The van der Waals surface area contributed by atoms with Gasteiger partial charge in [-0.15, -0.1) is 0 Å². The SMILES string of the molecule is COc1cccc([C@@H]2CC(=O)C3=C(C2)NC(=O)C[C@H]3c2cc(OC)c(OC)c(OC)c2)c1. The van der Waals surface area contributed by atoms with E-state index in [1.54, 1.807) is 21.3 Å². The van der Waals surface area contributed by atoms with Gasteiger partial charge < -0.3 is 24.3 Å². The first-order valence-electron chi connectivity index (χ1n) is 10.5. The van der Waals surface area contributed by atoms with Gasteiger partial charge in [0.15, 0.2) is 17.3 Å². The summed E-state index contributed by atoms with van der Waals surface area (Å²) in [5, 5.41) is 2.96. The number of benzene rings is 2. The van der Waals surface area contributed by atoms with Crippen LogP contribution in [0.25, 0.3) is 0 Å². The highest BCUT2D eigenvalue weighted by atomic mass is 16.5. The maximum atomic E-state index is 13.4. The van der Waals surface area contributed by atoms with Crippen molar-refractivity contribution in [3.63, 3.8) is 0 Å². The third-order valence-electron chi connectivity index (χ3n) is 6.19. The second-order valence-electron chi connectivity index (χ2n) is 7.96. The minimum Gasteiger partial charge on any atom is -0.497 e. The van der Waals surface area contributed by atoms with E-state index in [9.17, 15) is 9.59 Å². The highest BCUT2D eigenvalue weighted by Gasteiger charge is 2.39. The summed E-state index contributed by atoms with van der Waals surface area (Å²) in [6.07, 6.45) is 1.15. The van der Waals surface area contributed by atoms with Crippen LogP contribution < -0.4 is 24.3 Å². The van der Waals surface area contributed by atoms with Crippen molar-refractivity contribution in [3.05, 3.63) is 58.8 Å². The summed E-state index contributed by atoms with van der Waals surface area (Å²) >= 11 is 0. The standard InChI is InChI=1S/C25H27NO6/c1-29-17-7-5-6-14(8-17)15-9-19-24(20(27)10-15)18(13-23(28)26-19)16-11-21(30-2)25(32-4)22(12-16)31-3/h5-8,11-12,15,18H,9-10,13H2,1-4H3,(H,26,28)/t15-,18-/m0/s1. The number of amides is 1. The topological polar surface area (TPSA) is 83.1 Å². The molecule has 0 bridgehead atoms. The van der Waals surface area contributed by atoms with Crippen LogP contribution in [0.5, 0.6) is 23.0 Å². The van der Waals surface area contributed by atoms with Crippen LogP contribution in [0.15, 0.2) is 47.7 Å². The molecule has 168 valence electrons. The summed E-state index contributed by atoms with van der Waals surface area (Å²) < 4.78 is 21.7. The van der Waals surface area contributed by atoms with Gasteiger partial charge in [-0.05, 0) is 47.7 Å². The first-order valence-corrected chi connectivity index (χ1v) is 10.5. The lowest BCUT2D eigenvalue weighted by atomic mass is 9.73. The fraction of sp³-hybridized carbons (Fsp3) is 0.360. The van der Waals surface area contributed by atoms with Crippen molar-refractivity contribution in [2.45, 2.75) is 31.1 Å². The second-order valence-corrected chi connectivity index (χ2v) is 7.96. The van der Waals surface area contributed by atoms with Crippen molar-refractivity contribution in [2.75, 3.05) is 28.4 Å². The van der Waals surface area contributed by atoms with Crippen molar-refractivity contribution < 1.29 is 28.5 Å². The van der Waals surface area contributed by atoms with Gasteiger partial charge >= 0.3 is 0 Å². The zero-order valence-electron chi connectivity index (χ0n) is 18.7. The molecule has 1 aliphatic heterocycles. The zero-order chi connectivity index (χ0) is 22.8. The van der Waals surface area contributed by atoms with Gasteiger partial charge in [0.1, 0.15) is 5.75 Å². The molecule has 0 unspecified atom stereocenters. The van der Waals surface area contributed by atoms with Gasteiger partial charge in [-0.2, -0.15) is 0 Å². The molecule has 0 saturated carbocycles. The smallest absolute Gasteiger partial charge is 0.225 e. The molecule has 1 heterocycles. The molecule has 7 nitrogen and oxygen atoms in total. The number of allylic oxidation sites excluding steroid dienone is 2. The number of hydrogen-bond acceptors (Lipinski definition) is 6. The quantitative estimate of drug-likeness (QED) is 0.742. The summed E-state index contributed by atoms with van der Waals surface area (Å²) in [4.78, 5) is 26.0. The first-order chi connectivity index (χ1) is 15.5. The van der Waals surface area contributed by atoms with E-state index in [2.05, 4.69) is 5.32 Å². The number of hydrogen-bond donors (Lipinski definition) is 1. The van der Waals surface area contributed by atoms with Crippen LogP contribution >= 0.6 is 0 Å². The lowest BCUT2D eigenvalue weighted by Crippen LogP contribution is -2.38. The molecule has 0 aromatic heterocycles. The van der Waals surface area contributed by atoms with Gasteiger partial charge in [0, 0.05) is 30.0 Å². The highest BCUT2D eigenvalue weighted by Crippen LogP contribution is 2.46. The Balaban J connectivity index is 1.75. The first kappa shape index (κ1) is 21.7. The number of nitrogens with one attached hydrogen (secondary N) is 1. The third kappa shape index (κ3) is 3.90. The molecule has 0 fully saturated rings. The Bertz CT molecular complexity index is 1060. The van der Waals surface area contributed by atoms with Crippen LogP contribution in [0.1, 0.15) is 42.2 Å². The molecule has 0 spiro atoms. The molecule has 2 aromatic rings. The Kier molecular flexibility index (Phi) is 6.08. The van der Waals surface area contributed by atoms with E-state index in [1.165, 1.54) is 7.11 Å². The Hall–Kier alpha value is -3.48. The summed E-state index contributed by atoms with van der Waals surface area (Å²) in [7, 11) is 6.25. The molecule has 1 aliphatic carbocycles. The van der Waals surface area contributed by atoms with Crippen LogP contribution in [-0.4, -0.2) is 40.1 Å². The average Bonchev–Trinajstić information content (AvgIpc) is 2.82. The molecule has 2 aliphatic rings. The molecular weight excluding hydrogens is 410 g/mol. The molecule has 0 radical (unpaired) electrons. The van der Waals surface area contributed by atoms with Crippen LogP contribution in [0.2, 0.25) is 0 Å². The third-order valence-corrected chi connectivity index (χ3v) is 6.19. The van der Waals surface area contributed by atoms with E-state index in [1.807, 2.05) is 36.4 Å². The van der Waals surface area contributed by atoms with E-state index in [0.29, 0.717) is 41.4 Å². The Morgan fingerprint density at radius 3 is 2.16 bits per heavy atom. The maximum absolute atomic E-state index is 13.4. The van der Waals surface area contributed by atoms with E-state index >= 15 is 0 Å². The molecule has 1 amide bonds. The second kappa shape index (κ2) is 8.94. The van der Waals surface area contributed by atoms with Crippen LogP contribution in [0.4, 0.5) is 0 Å². The number of ketones is 1. The number of Topliss-reactive ketones (excluding diaryl/α,β-unsaturated/α-hetero) is 1. The average molecular weight is 437 g/mol. The largest absolute Gasteiger partial charge is 0.497 e. The summed E-state index contributed by atoms with van der Waals surface area (Å²) in [6.45, 7) is 0. The molecule has 2 atom stereocenters. The molecular formula is C25H27NO6. The minimum atomic E-state index is -0.369. The monoisotopic (exact) mass is 437 g/mol. The number of ether oxygens (including phenoxy) is 4. The van der Waals surface area contributed by atoms with Crippen LogP contribution in [0, 0.1) is 0 Å². The number of methoxy groups -OCH3 is 4. The number of carbonyl (C=O) groups is 2.